The second kappa shape index (κ2) is 4.71. The number of hydrogen-bond donors (Lipinski definition) is 1. The minimum absolute atomic E-state index is 0.0201. The van der Waals surface area contributed by atoms with Gasteiger partial charge in [-0.1, -0.05) is 0 Å². The van der Waals surface area contributed by atoms with Gasteiger partial charge in [0.15, 0.2) is 0 Å². The van der Waals surface area contributed by atoms with Crippen molar-refractivity contribution in [1.82, 2.24) is 0 Å². The van der Waals surface area contributed by atoms with Gasteiger partial charge in [0.05, 0.1) is 6.61 Å². The van der Waals surface area contributed by atoms with E-state index in [0.717, 1.165) is 12.3 Å². The van der Waals surface area contributed by atoms with E-state index in [-0.39, 0.29) is 18.4 Å². The van der Waals surface area contributed by atoms with Crippen LogP contribution in [0.15, 0.2) is 0 Å². The quantitative estimate of drug-likeness (QED) is 0.340. The van der Waals surface area contributed by atoms with Gasteiger partial charge in [-0.15, -0.1) is 0 Å². The first-order valence-electron chi connectivity index (χ1n) is 4.06. The first-order valence-corrected chi connectivity index (χ1v) is 6.01. The van der Waals surface area contributed by atoms with Crippen LogP contribution in [0.2, 0.25) is 6.04 Å². The average Bonchev–Trinajstić information content (AvgIpc) is 2.85. The molecule has 12 heavy (non-hydrogen) atoms. The Labute approximate surface area is 73.2 Å². The number of aliphatic hydroxyl groups excluding tert-OH is 1. The largest absolute Gasteiger partial charge is 0.420 e. The third kappa shape index (κ3) is 2.38. The number of aliphatic hydroxyl groups is 1. The first kappa shape index (κ1) is 9.85. The lowest BCUT2D eigenvalue weighted by Crippen LogP contribution is -2.26. The predicted octanol–water partition coefficient (Wildman–Crippen LogP) is -0.756. The zero-order valence-electron chi connectivity index (χ0n) is 7.10. The molecule has 0 bridgehead atoms. The second-order valence-electron chi connectivity index (χ2n) is 2.84. The van der Waals surface area contributed by atoms with Crippen molar-refractivity contribution in [3.63, 3.8) is 0 Å². The molecule has 1 heterocycles. The fraction of sp³-hybridized carbons (Fsp3) is 0.857. The van der Waals surface area contributed by atoms with Gasteiger partial charge in [0, 0.05) is 13.5 Å². The van der Waals surface area contributed by atoms with Gasteiger partial charge in [0.1, 0.15) is 18.1 Å². The van der Waals surface area contributed by atoms with E-state index >= 15 is 0 Å². The van der Waals surface area contributed by atoms with Crippen LogP contribution in [0.1, 0.15) is 6.42 Å². The molecule has 3 unspecified atom stereocenters. The van der Waals surface area contributed by atoms with Gasteiger partial charge < -0.3 is 19.1 Å². The Kier molecular flexibility index (Phi) is 3.87. The maximum absolute atomic E-state index is 10.1. The summed E-state index contributed by atoms with van der Waals surface area (Å²) >= 11 is 0. The molecule has 4 nitrogen and oxygen atoms in total. The molecular weight excluding hydrogens is 176 g/mol. The molecule has 0 aromatic carbocycles. The van der Waals surface area contributed by atoms with Gasteiger partial charge in [0.25, 0.3) is 0 Å². The van der Waals surface area contributed by atoms with Crippen molar-refractivity contribution in [2.45, 2.75) is 24.3 Å². The van der Waals surface area contributed by atoms with Gasteiger partial charge in [-0.3, -0.25) is 0 Å². The van der Waals surface area contributed by atoms with E-state index in [2.05, 4.69) is 0 Å². The van der Waals surface area contributed by atoms with Crippen LogP contribution in [-0.2, 0) is 14.0 Å². The summed E-state index contributed by atoms with van der Waals surface area (Å²) < 4.78 is 10.4. The summed E-state index contributed by atoms with van der Waals surface area (Å²) in [7, 11) is 0.269. The van der Waals surface area contributed by atoms with Crippen molar-refractivity contribution in [2.24, 2.45) is 0 Å². The fourth-order valence-corrected chi connectivity index (χ4v) is 3.55. The Morgan fingerprint density at radius 1 is 1.75 bits per heavy atom. The maximum Gasteiger partial charge on any atom is 0.208 e. The van der Waals surface area contributed by atoms with Gasteiger partial charge >= 0.3 is 0 Å². The standard InChI is InChI=1S/C7H14O4Si/c1-10-12(4-2-3-8)7-6(5-9)11-7/h3,6-7,9,12H,2,4-5H2,1H3. The van der Waals surface area contributed by atoms with Gasteiger partial charge in [-0.05, 0) is 6.04 Å². The van der Waals surface area contributed by atoms with Crippen LogP contribution in [0.3, 0.4) is 0 Å². The molecule has 0 aliphatic carbocycles. The zero-order valence-corrected chi connectivity index (χ0v) is 8.26. The topological polar surface area (TPSA) is 59.1 Å². The van der Waals surface area contributed by atoms with E-state index in [0.29, 0.717) is 6.42 Å². The van der Waals surface area contributed by atoms with E-state index in [1.54, 1.807) is 7.11 Å². The molecular formula is C7H14O4Si. The van der Waals surface area contributed by atoms with Crippen LogP contribution >= 0.6 is 0 Å². The third-order valence-corrected chi connectivity index (χ3v) is 4.87. The highest BCUT2D eigenvalue weighted by Gasteiger charge is 2.45. The van der Waals surface area contributed by atoms with E-state index < -0.39 is 9.04 Å². The van der Waals surface area contributed by atoms with Crippen molar-refractivity contribution in [1.29, 1.82) is 0 Å². The number of rotatable bonds is 6. The highest BCUT2D eigenvalue weighted by molar-refractivity contribution is 6.54. The summed E-state index contributed by atoms with van der Waals surface area (Å²) in [6.07, 6.45) is 1.42. The number of epoxide rings is 1. The summed E-state index contributed by atoms with van der Waals surface area (Å²) in [4.78, 5) is 10.1. The maximum atomic E-state index is 10.1. The van der Waals surface area contributed by atoms with Crippen molar-refractivity contribution in [3.8, 4) is 0 Å². The van der Waals surface area contributed by atoms with Crippen LogP contribution in [0.4, 0.5) is 0 Å². The van der Waals surface area contributed by atoms with Crippen LogP contribution in [0, 0.1) is 0 Å². The van der Waals surface area contributed by atoms with Crippen molar-refractivity contribution >= 4 is 15.3 Å². The van der Waals surface area contributed by atoms with Gasteiger partial charge in [-0.2, -0.15) is 0 Å². The molecule has 1 aliphatic heterocycles. The number of carbonyl (C=O) groups excluding carboxylic acids is 1. The molecule has 0 aromatic rings. The van der Waals surface area contributed by atoms with Gasteiger partial charge in [-0.25, -0.2) is 0 Å². The molecule has 0 aromatic heterocycles. The van der Waals surface area contributed by atoms with Crippen LogP contribution < -0.4 is 0 Å². The Morgan fingerprint density at radius 2 is 2.50 bits per heavy atom. The lowest BCUT2D eigenvalue weighted by molar-refractivity contribution is -0.107. The highest BCUT2D eigenvalue weighted by atomic mass is 28.3. The monoisotopic (exact) mass is 190 g/mol. The molecule has 1 rings (SSSR count). The molecule has 1 N–H and O–H groups in total. The molecule has 70 valence electrons. The zero-order chi connectivity index (χ0) is 8.97. The van der Waals surface area contributed by atoms with Crippen LogP contribution in [0.25, 0.3) is 0 Å². The Morgan fingerprint density at radius 3 is 2.92 bits per heavy atom. The number of hydrogen-bond acceptors (Lipinski definition) is 4. The van der Waals surface area contributed by atoms with E-state index in [1.807, 2.05) is 0 Å². The molecule has 0 spiro atoms. The van der Waals surface area contributed by atoms with Crippen LogP contribution in [-0.4, -0.2) is 46.0 Å². The number of carbonyl (C=O) groups is 1. The minimum Gasteiger partial charge on any atom is -0.420 e. The Balaban J connectivity index is 2.22. The third-order valence-electron chi connectivity index (χ3n) is 2.04. The Hall–Kier alpha value is -0.233. The van der Waals surface area contributed by atoms with E-state index in [1.165, 1.54) is 0 Å². The molecule has 0 saturated carbocycles. The molecule has 1 aliphatic rings. The molecule has 0 amide bonds. The summed E-state index contributed by atoms with van der Waals surface area (Å²) in [5, 5.41) is 8.72. The van der Waals surface area contributed by atoms with Crippen molar-refractivity contribution in [3.05, 3.63) is 0 Å². The minimum atomic E-state index is -1.38. The highest BCUT2D eigenvalue weighted by Crippen LogP contribution is 2.26. The summed E-state index contributed by atoms with van der Waals surface area (Å²) in [5.74, 6) is 0. The lowest BCUT2D eigenvalue weighted by Gasteiger charge is -2.07. The first-order chi connectivity index (χ1) is 5.83. The molecule has 1 saturated heterocycles. The van der Waals surface area contributed by atoms with Crippen molar-refractivity contribution in [2.75, 3.05) is 13.7 Å². The van der Waals surface area contributed by atoms with Crippen LogP contribution in [0.5, 0.6) is 0 Å². The number of ether oxygens (including phenoxy) is 1. The predicted molar refractivity (Wildman–Crippen MR) is 45.4 cm³/mol. The van der Waals surface area contributed by atoms with Gasteiger partial charge in [0.2, 0.25) is 9.04 Å². The van der Waals surface area contributed by atoms with E-state index in [4.69, 9.17) is 14.3 Å². The average molecular weight is 190 g/mol. The fourth-order valence-electron chi connectivity index (χ4n) is 1.28. The summed E-state index contributed by atoms with van der Waals surface area (Å²) in [6.45, 7) is 0.0681. The van der Waals surface area contributed by atoms with Crippen molar-refractivity contribution < 1.29 is 19.1 Å². The summed E-state index contributed by atoms with van der Waals surface area (Å²) in [5.41, 5.74) is 0.125. The normalized spacial score (nSPS) is 29.8. The molecule has 3 atom stereocenters. The van der Waals surface area contributed by atoms with E-state index in [9.17, 15) is 4.79 Å². The molecule has 5 heteroatoms. The number of aldehydes is 1. The molecule has 0 radical (unpaired) electrons. The summed E-state index contributed by atoms with van der Waals surface area (Å²) in [6, 6.07) is 0.807. The smallest absolute Gasteiger partial charge is 0.208 e. The second-order valence-corrected chi connectivity index (χ2v) is 5.62. The lowest BCUT2D eigenvalue weighted by atomic mass is 10.5. The molecule has 1 fully saturated rings. The SMILES string of the molecule is CO[SiH](CCC=O)C1OC1CO. The Bertz CT molecular complexity index is 152.